The van der Waals surface area contributed by atoms with E-state index in [0.717, 1.165) is 31.7 Å². The maximum absolute atomic E-state index is 4.64. The number of rotatable bonds is 1. The first-order valence-electron chi connectivity index (χ1n) is 7.08. The lowest BCUT2D eigenvalue weighted by Gasteiger charge is -2.37. The Hall–Kier alpha value is -1.65. The molecular formula is C16H17N3S. The Balaban J connectivity index is 1.80. The van der Waals surface area contributed by atoms with E-state index in [-0.39, 0.29) is 0 Å². The fourth-order valence-electron chi connectivity index (χ4n) is 3.03. The summed E-state index contributed by atoms with van der Waals surface area (Å²) in [5, 5.41) is 7.82. The number of hydrogen-bond donors (Lipinski definition) is 1. The Labute approximate surface area is 123 Å². The largest absolute Gasteiger partial charge is 0.364 e. The van der Waals surface area contributed by atoms with E-state index in [1.165, 1.54) is 16.8 Å². The molecule has 1 atom stereocenters. The van der Waals surface area contributed by atoms with Crippen LogP contribution in [0.5, 0.6) is 0 Å². The van der Waals surface area contributed by atoms with Crippen LogP contribution in [0.25, 0.3) is 11.1 Å². The second-order valence-electron chi connectivity index (χ2n) is 5.31. The summed E-state index contributed by atoms with van der Waals surface area (Å²) in [6.07, 6.45) is 3.09. The van der Waals surface area contributed by atoms with E-state index in [2.05, 4.69) is 56.4 Å². The summed E-state index contributed by atoms with van der Waals surface area (Å²) in [4.78, 5) is 7.16. The van der Waals surface area contributed by atoms with E-state index in [9.17, 15) is 0 Å². The first-order chi connectivity index (χ1) is 9.92. The van der Waals surface area contributed by atoms with E-state index in [1.54, 1.807) is 11.3 Å². The molecule has 20 heavy (non-hydrogen) atoms. The molecule has 102 valence electrons. The maximum Gasteiger partial charge on any atom is 0.0859 e. The van der Waals surface area contributed by atoms with Crippen molar-refractivity contribution in [2.24, 2.45) is 4.99 Å². The second kappa shape index (κ2) is 5.04. The molecule has 1 aromatic carbocycles. The molecule has 0 aliphatic carbocycles. The molecule has 2 aliphatic rings. The highest BCUT2D eigenvalue weighted by atomic mass is 32.1. The standard InChI is InChI=1S/C16H17N3S/c1-2-15-16(9-12(1)13-4-8-20-11-13)19-7-6-17-10-14(19)3-5-18-15/h1-2,4-5,8-9,11,14,17H,3,6-7,10H2. The van der Waals surface area contributed by atoms with Gasteiger partial charge in [0.15, 0.2) is 0 Å². The quantitative estimate of drug-likeness (QED) is 0.869. The van der Waals surface area contributed by atoms with Gasteiger partial charge in [-0.1, -0.05) is 6.07 Å². The molecule has 0 amide bonds. The van der Waals surface area contributed by atoms with Crippen LogP contribution in [0.1, 0.15) is 6.42 Å². The van der Waals surface area contributed by atoms with Gasteiger partial charge in [0.05, 0.1) is 11.4 Å². The molecule has 1 aromatic heterocycles. The topological polar surface area (TPSA) is 27.6 Å². The zero-order valence-electron chi connectivity index (χ0n) is 11.2. The fourth-order valence-corrected chi connectivity index (χ4v) is 3.70. The summed E-state index contributed by atoms with van der Waals surface area (Å²) in [5.74, 6) is 0. The van der Waals surface area contributed by atoms with Crippen molar-refractivity contribution in [3.05, 3.63) is 35.0 Å². The zero-order valence-corrected chi connectivity index (χ0v) is 12.1. The van der Waals surface area contributed by atoms with Crippen molar-refractivity contribution in [3.8, 4) is 11.1 Å². The maximum atomic E-state index is 4.64. The Morgan fingerprint density at radius 3 is 3.15 bits per heavy atom. The van der Waals surface area contributed by atoms with Gasteiger partial charge in [0.2, 0.25) is 0 Å². The van der Waals surface area contributed by atoms with Crippen LogP contribution >= 0.6 is 11.3 Å². The minimum Gasteiger partial charge on any atom is -0.364 e. The number of thiophene rings is 1. The van der Waals surface area contributed by atoms with Crippen LogP contribution in [-0.4, -0.2) is 31.9 Å². The highest BCUT2D eigenvalue weighted by Crippen LogP contribution is 2.37. The van der Waals surface area contributed by atoms with Gasteiger partial charge in [-0.25, -0.2) is 0 Å². The fraction of sp³-hybridized carbons (Fsp3) is 0.312. The van der Waals surface area contributed by atoms with Crippen molar-refractivity contribution in [2.45, 2.75) is 12.5 Å². The van der Waals surface area contributed by atoms with E-state index in [4.69, 9.17) is 0 Å². The normalized spacial score (nSPS) is 21.2. The van der Waals surface area contributed by atoms with Crippen LogP contribution in [0.4, 0.5) is 11.4 Å². The number of nitrogens with zero attached hydrogens (tertiary/aromatic N) is 2. The predicted octanol–water partition coefficient (Wildman–Crippen LogP) is 3.30. The van der Waals surface area contributed by atoms with Gasteiger partial charge in [-0.15, -0.1) is 0 Å². The van der Waals surface area contributed by atoms with Gasteiger partial charge >= 0.3 is 0 Å². The first kappa shape index (κ1) is 12.1. The van der Waals surface area contributed by atoms with Crippen LogP contribution in [0.15, 0.2) is 40.0 Å². The minimum absolute atomic E-state index is 0.534. The van der Waals surface area contributed by atoms with Crippen molar-refractivity contribution < 1.29 is 0 Å². The molecule has 2 aromatic rings. The molecule has 4 rings (SSSR count). The Morgan fingerprint density at radius 2 is 2.25 bits per heavy atom. The van der Waals surface area contributed by atoms with Crippen molar-refractivity contribution in [1.29, 1.82) is 0 Å². The molecule has 1 N–H and O–H groups in total. The average Bonchev–Trinajstić information content (AvgIpc) is 2.96. The third-order valence-corrected chi connectivity index (χ3v) is 4.78. The lowest BCUT2D eigenvalue weighted by atomic mass is 10.0. The third kappa shape index (κ3) is 2.05. The molecule has 3 heterocycles. The van der Waals surface area contributed by atoms with Gasteiger partial charge < -0.3 is 10.2 Å². The molecule has 0 radical (unpaired) electrons. The minimum atomic E-state index is 0.534. The number of piperazine rings is 1. The molecular weight excluding hydrogens is 266 g/mol. The number of aliphatic imine (C=N–C) groups is 1. The van der Waals surface area contributed by atoms with Gasteiger partial charge in [0.25, 0.3) is 0 Å². The van der Waals surface area contributed by atoms with Gasteiger partial charge in [-0.3, -0.25) is 4.99 Å². The third-order valence-electron chi connectivity index (χ3n) is 4.10. The number of nitrogens with one attached hydrogen (secondary N) is 1. The molecule has 1 fully saturated rings. The van der Waals surface area contributed by atoms with Crippen molar-refractivity contribution >= 4 is 28.9 Å². The summed E-state index contributed by atoms with van der Waals surface area (Å²) >= 11 is 1.75. The number of anilines is 1. The molecule has 1 unspecified atom stereocenters. The van der Waals surface area contributed by atoms with Crippen LogP contribution in [0.3, 0.4) is 0 Å². The van der Waals surface area contributed by atoms with Crippen LogP contribution < -0.4 is 10.2 Å². The van der Waals surface area contributed by atoms with Crippen LogP contribution in [0.2, 0.25) is 0 Å². The van der Waals surface area contributed by atoms with Gasteiger partial charge in [0.1, 0.15) is 0 Å². The van der Waals surface area contributed by atoms with Crippen molar-refractivity contribution in [1.82, 2.24) is 5.32 Å². The molecule has 0 spiro atoms. The number of fused-ring (bicyclic) bond motifs is 3. The van der Waals surface area contributed by atoms with Gasteiger partial charge in [0, 0.05) is 38.3 Å². The van der Waals surface area contributed by atoms with E-state index >= 15 is 0 Å². The summed E-state index contributed by atoms with van der Waals surface area (Å²) in [7, 11) is 0. The molecule has 0 bridgehead atoms. The molecule has 2 aliphatic heterocycles. The highest BCUT2D eigenvalue weighted by Gasteiger charge is 2.25. The summed E-state index contributed by atoms with van der Waals surface area (Å²) in [6, 6.07) is 9.36. The number of benzene rings is 1. The van der Waals surface area contributed by atoms with Crippen LogP contribution in [0, 0.1) is 0 Å². The van der Waals surface area contributed by atoms with Crippen molar-refractivity contribution in [3.63, 3.8) is 0 Å². The average molecular weight is 283 g/mol. The Kier molecular flexibility index (Phi) is 3.05. The first-order valence-corrected chi connectivity index (χ1v) is 8.02. The molecule has 3 nitrogen and oxygen atoms in total. The van der Waals surface area contributed by atoms with Crippen molar-refractivity contribution in [2.75, 3.05) is 24.5 Å². The highest BCUT2D eigenvalue weighted by molar-refractivity contribution is 7.08. The lowest BCUT2D eigenvalue weighted by molar-refractivity contribution is 0.489. The lowest BCUT2D eigenvalue weighted by Crippen LogP contribution is -2.51. The molecule has 0 saturated carbocycles. The van der Waals surface area contributed by atoms with E-state index in [1.807, 2.05) is 0 Å². The summed E-state index contributed by atoms with van der Waals surface area (Å²) < 4.78 is 0. The number of hydrogen-bond acceptors (Lipinski definition) is 4. The van der Waals surface area contributed by atoms with E-state index in [0.29, 0.717) is 6.04 Å². The SMILES string of the molecule is C1=Nc2ccc(-c3ccsc3)cc2N2CCNCC2C1. The monoisotopic (exact) mass is 283 g/mol. The zero-order chi connectivity index (χ0) is 13.4. The second-order valence-corrected chi connectivity index (χ2v) is 6.09. The Morgan fingerprint density at radius 1 is 1.25 bits per heavy atom. The van der Waals surface area contributed by atoms with Gasteiger partial charge in [-0.2, -0.15) is 11.3 Å². The smallest absolute Gasteiger partial charge is 0.0859 e. The van der Waals surface area contributed by atoms with Gasteiger partial charge in [-0.05, 0) is 40.1 Å². The predicted molar refractivity (Wildman–Crippen MR) is 86.5 cm³/mol. The van der Waals surface area contributed by atoms with E-state index < -0.39 is 0 Å². The Bertz CT molecular complexity index is 633. The van der Waals surface area contributed by atoms with Crippen LogP contribution in [-0.2, 0) is 0 Å². The molecule has 1 saturated heterocycles. The summed E-state index contributed by atoms with van der Waals surface area (Å²) in [6.45, 7) is 3.17. The summed E-state index contributed by atoms with van der Waals surface area (Å²) in [5.41, 5.74) is 4.99. The molecule has 4 heteroatoms.